The molecule has 0 spiro atoms. The van der Waals surface area contributed by atoms with Crippen LogP contribution in [-0.4, -0.2) is 52.6 Å². The Kier molecular flexibility index (Phi) is 7.17. The zero-order valence-corrected chi connectivity index (χ0v) is 24.2. The summed E-state index contributed by atoms with van der Waals surface area (Å²) in [5.74, 6) is -0.271. The van der Waals surface area contributed by atoms with Crippen molar-refractivity contribution in [2.75, 3.05) is 31.6 Å². The number of carboxylic acids is 1. The first kappa shape index (κ1) is 27.0. The molecule has 2 aromatic heterocycles. The van der Waals surface area contributed by atoms with Crippen molar-refractivity contribution < 1.29 is 14.6 Å². The smallest absolute Gasteiger partial charge is 0.339 e. The Bertz CT molecular complexity index is 1820. The molecule has 1 fully saturated rings. The van der Waals surface area contributed by atoms with Crippen LogP contribution in [0.1, 0.15) is 46.8 Å². The third kappa shape index (κ3) is 5.40. The van der Waals surface area contributed by atoms with Gasteiger partial charge in [-0.15, -0.1) is 0 Å². The fourth-order valence-electron chi connectivity index (χ4n) is 6.41. The van der Waals surface area contributed by atoms with Crippen LogP contribution in [0.25, 0.3) is 27.7 Å². The molecule has 7 heteroatoms. The Labute approximate surface area is 251 Å². The quantitative estimate of drug-likeness (QED) is 0.208. The first-order valence-corrected chi connectivity index (χ1v) is 14.9. The number of H-pyrrole nitrogens is 1. The van der Waals surface area contributed by atoms with Crippen LogP contribution >= 0.6 is 0 Å². The predicted octanol–water partition coefficient (Wildman–Crippen LogP) is 7.78. The number of nitrogens with one attached hydrogen (secondary N) is 1. The summed E-state index contributed by atoms with van der Waals surface area (Å²) in [6, 6.07) is 26.8. The third-order valence-corrected chi connectivity index (χ3v) is 8.68. The van der Waals surface area contributed by atoms with Gasteiger partial charge in [0.25, 0.3) is 0 Å². The van der Waals surface area contributed by atoms with Crippen molar-refractivity contribution in [1.29, 1.82) is 0 Å². The fraction of sp³-hybridized carbons (Fsp3) is 0.222. The number of benzene rings is 3. The van der Waals surface area contributed by atoms with Gasteiger partial charge in [-0.1, -0.05) is 48.5 Å². The van der Waals surface area contributed by atoms with Crippen molar-refractivity contribution >= 4 is 28.3 Å². The van der Waals surface area contributed by atoms with E-state index in [1.807, 2.05) is 24.4 Å². The van der Waals surface area contributed by atoms with Gasteiger partial charge < -0.3 is 24.6 Å². The Morgan fingerprint density at radius 1 is 1.00 bits per heavy atom. The second kappa shape index (κ2) is 11.4. The number of aromatic carboxylic acids is 1. The van der Waals surface area contributed by atoms with Crippen LogP contribution in [0.4, 0.5) is 5.69 Å². The molecule has 216 valence electrons. The summed E-state index contributed by atoms with van der Waals surface area (Å²) in [7, 11) is 2.18. The van der Waals surface area contributed by atoms with Gasteiger partial charge in [-0.25, -0.2) is 9.78 Å². The van der Waals surface area contributed by atoms with E-state index in [-0.39, 0.29) is 11.3 Å². The summed E-state index contributed by atoms with van der Waals surface area (Å²) < 4.78 is 6.07. The SMILES string of the molecule is CN1CC=C(c2ccccc2C2CCCN2c2ccc(-c3ccc(C(=O)O)c(Oc4cnc5[nH]ccc5c4)c3)cc2)CC1. The molecule has 1 saturated heterocycles. The van der Waals surface area contributed by atoms with Crippen molar-refractivity contribution in [3.63, 3.8) is 0 Å². The molecule has 3 aromatic carbocycles. The number of ether oxygens (including phenoxy) is 1. The van der Waals surface area contributed by atoms with Crippen molar-refractivity contribution in [3.05, 3.63) is 114 Å². The highest BCUT2D eigenvalue weighted by atomic mass is 16.5. The molecule has 7 rings (SSSR count). The van der Waals surface area contributed by atoms with E-state index >= 15 is 0 Å². The van der Waals surface area contributed by atoms with E-state index in [9.17, 15) is 9.90 Å². The predicted molar refractivity (Wildman–Crippen MR) is 171 cm³/mol. The molecule has 4 heterocycles. The van der Waals surface area contributed by atoms with E-state index < -0.39 is 5.97 Å². The Morgan fingerprint density at radius 3 is 2.65 bits per heavy atom. The van der Waals surface area contributed by atoms with E-state index in [4.69, 9.17) is 4.74 Å². The van der Waals surface area contributed by atoms with Gasteiger partial charge in [0.05, 0.1) is 12.2 Å². The number of anilines is 1. The first-order chi connectivity index (χ1) is 21.0. The van der Waals surface area contributed by atoms with Crippen LogP contribution in [0.3, 0.4) is 0 Å². The normalized spacial score (nSPS) is 17.3. The molecule has 0 amide bonds. The van der Waals surface area contributed by atoms with E-state index in [0.717, 1.165) is 61.1 Å². The first-order valence-electron chi connectivity index (χ1n) is 14.9. The van der Waals surface area contributed by atoms with Crippen molar-refractivity contribution in [2.45, 2.75) is 25.3 Å². The minimum absolute atomic E-state index is 0.104. The largest absolute Gasteiger partial charge is 0.478 e. The molecule has 0 saturated carbocycles. The standard InChI is InChI=1S/C36H34N4O3/c1-39-19-15-25(16-20-39)30-5-2-3-6-31(30)33-7-4-18-40(33)28-11-8-24(9-12-28)26-10-13-32(36(41)42)34(22-26)43-29-21-27-14-17-37-35(27)38-23-29/h2-3,5-6,8-15,17,21-23,33H,4,7,16,18-20H2,1H3,(H,37,38)(H,41,42). The molecule has 43 heavy (non-hydrogen) atoms. The highest BCUT2D eigenvalue weighted by Crippen LogP contribution is 2.41. The Hall–Kier alpha value is -4.88. The molecule has 2 N–H and O–H groups in total. The average molecular weight is 571 g/mol. The second-order valence-corrected chi connectivity index (χ2v) is 11.4. The number of hydrogen-bond donors (Lipinski definition) is 2. The number of nitrogens with zero attached hydrogens (tertiary/aromatic N) is 3. The molecule has 1 unspecified atom stereocenters. The molecule has 2 aliphatic rings. The van der Waals surface area contributed by atoms with E-state index in [2.05, 4.69) is 81.4 Å². The van der Waals surface area contributed by atoms with Gasteiger partial charge in [-0.05, 0) is 90.5 Å². The van der Waals surface area contributed by atoms with Crippen LogP contribution in [0.2, 0.25) is 0 Å². The van der Waals surface area contributed by atoms with E-state index in [0.29, 0.717) is 11.8 Å². The molecule has 5 aromatic rings. The number of pyridine rings is 1. The van der Waals surface area contributed by atoms with Crippen molar-refractivity contribution in [1.82, 2.24) is 14.9 Å². The van der Waals surface area contributed by atoms with Gasteiger partial charge in [0.15, 0.2) is 0 Å². The van der Waals surface area contributed by atoms with Crippen LogP contribution < -0.4 is 9.64 Å². The molecular weight excluding hydrogens is 536 g/mol. The van der Waals surface area contributed by atoms with E-state index in [1.165, 1.54) is 22.4 Å². The maximum Gasteiger partial charge on any atom is 0.339 e. The Balaban J connectivity index is 1.15. The van der Waals surface area contributed by atoms with Gasteiger partial charge in [0, 0.05) is 36.9 Å². The number of aromatic nitrogens is 2. The highest BCUT2D eigenvalue weighted by molar-refractivity contribution is 5.92. The number of likely N-dealkylation sites (N-methyl/N-ethyl adjacent to an activating group) is 1. The average Bonchev–Trinajstić information content (AvgIpc) is 3.71. The van der Waals surface area contributed by atoms with Crippen LogP contribution in [0, 0.1) is 0 Å². The number of carbonyl (C=O) groups is 1. The molecule has 2 aliphatic heterocycles. The molecule has 0 bridgehead atoms. The lowest BCUT2D eigenvalue weighted by atomic mass is 9.90. The highest BCUT2D eigenvalue weighted by Gasteiger charge is 2.29. The second-order valence-electron chi connectivity index (χ2n) is 11.4. The number of carboxylic acid groups (broad SMARTS) is 1. The zero-order valence-electron chi connectivity index (χ0n) is 24.2. The number of aromatic amines is 1. The summed E-state index contributed by atoms with van der Waals surface area (Å²) in [5.41, 5.74) is 8.21. The van der Waals surface area contributed by atoms with Gasteiger partial charge in [-0.2, -0.15) is 0 Å². The summed E-state index contributed by atoms with van der Waals surface area (Å²) >= 11 is 0. The molecule has 0 aliphatic carbocycles. The number of fused-ring (bicyclic) bond motifs is 1. The molecule has 7 nitrogen and oxygen atoms in total. The summed E-state index contributed by atoms with van der Waals surface area (Å²) in [6.45, 7) is 3.11. The minimum atomic E-state index is -1.04. The third-order valence-electron chi connectivity index (χ3n) is 8.68. The zero-order chi connectivity index (χ0) is 29.3. The van der Waals surface area contributed by atoms with Crippen molar-refractivity contribution in [2.24, 2.45) is 0 Å². The summed E-state index contributed by atoms with van der Waals surface area (Å²) in [6.07, 6.45) is 9.16. The maximum absolute atomic E-state index is 12.0. The van der Waals surface area contributed by atoms with Gasteiger partial charge in [-0.3, -0.25) is 0 Å². The van der Waals surface area contributed by atoms with Gasteiger partial charge in [0.1, 0.15) is 22.7 Å². The minimum Gasteiger partial charge on any atom is -0.478 e. The van der Waals surface area contributed by atoms with Crippen LogP contribution in [0.5, 0.6) is 11.5 Å². The lowest BCUT2D eigenvalue weighted by Gasteiger charge is -2.30. The number of hydrogen-bond acceptors (Lipinski definition) is 5. The topological polar surface area (TPSA) is 81.7 Å². The fourth-order valence-corrected chi connectivity index (χ4v) is 6.41. The summed E-state index contributed by atoms with van der Waals surface area (Å²) in [5, 5.41) is 10.7. The van der Waals surface area contributed by atoms with Gasteiger partial charge in [0.2, 0.25) is 0 Å². The molecule has 0 radical (unpaired) electrons. The molecular formula is C36H34N4O3. The van der Waals surface area contributed by atoms with E-state index in [1.54, 1.807) is 18.3 Å². The lowest BCUT2D eigenvalue weighted by Crippen LogP contribution is -2.25. The lowest BCUT2D eigenvalue weighted by molar-refractivity contribution is 0.0694. The van der Waals surface area contributed by atoms with Crippen LogP contribution in [0.15, 0.2) is 97.3 Å². The Morgan fingerprint density at radius 2 is 1.84 bits per heavy atom. The van der Waals surface area contributed by atoms with Gasteiger partial charge >= 0.3 is 5.97 Å². The number of rotatable bonds is 7. The monoisotopic (exact) mass is 570 g/mol. The summed E-state index contributed by atoms with van der Waals surface area (Å²) in [4.78, 5) is 24.3. The van der Waals surface area contributed by atoms with Crippen molar-refractivity contribution in [3.8, 4) is 22.6 Å². The molecule has 1 atom stereocenters. The maximum atomic E-state index is 12.0. The van der Waals surface area contributed by atoms with Crippen LogP contribution in [-0.2, 0) is 0 Å².